The van der Waals surface area contributed by atoms with Crippen LogP contribution in [-0.4, -0.2) is 57.7 Å². The van der Waals surface area contributed by atoms with Crippen molar-refractivity contribution in [3.63, 3.8) is 0 Å². The van der Waals surface area contributed by atoms with Crippen molar-refractivity contribution < 1.29 is 4.74 Å². The van der Waals surface area contributed by atoms with E-state index in [0.717, 1.165) is 79.4 Å². The first-order valence-electron chi connectivity index (χ1n) is 9.72. The molecule has 0 spiro atoms. The lowest BCUT2D eigenvalue weighted by atomic mass is 10.1. The molecule has 0 saturated carbocycles. The highest BCUT2D eigenvalue weighted by Gasteiger charge is 2.23. The van der Waals surface area contributed by atoms with Gasteiger partial charge in [-0.1, -0.05) is 22.9 Å². The smallest absolute Gasteiger partial charge is 0.187 e. The van der Waals surface area contributed by atoms with Crippen LogP contribution in [0.2, 0.25) is 5.15 Å². The minimum absolute atomic E-state index is 0.616. The van der Waals surface area contributed by atoms with Gasteiger partial charge in [0.05, 0.1) is 23.8 Å². The van der Waals surface area contributed by atoms with Crippen LogP contribution < -0.4 is 4.90 Å². The van der Waals surface area contributed by atoms with Crippen molar-refractivity contribution in [3.05, 3.63) is 52.0 Å². The average Bonchev–Trinajstić information content (AvgIpc) is 3.15. The topological polar surface area (TPSA) is 67.3 Å². The summed E-state index contributed by atoms with van der Waals surface area (Å²) in [5.41, 5.74) is 3.25. The van der Waals surface area contributed by atoms with E-state index in [4.69, 9.17) is 21.3 Å². The van der Waals surface area contributed by atoms with Crippen molar-refractivity contribution in [2.75, 3.05) is 37.7 Å². The Hall–Kier alpha value is -2.13. The Labute approximate surface area is 178 Å². The summed E-state index contributed by atoms with van der Waals surface area (Å²) in [4.78, 5) is 23.8. The summed E-state index contributed by atoms with van der Waals surface area (Å²) >= 11 is 8.14. The molecule has 0 amide bonds. The Morgan fingerprint density at radius 1 is 1.14 bits per heavy atom. The van der Waals surface area contributed by atoms with E-state index in [2.05, 4.69) is 24.8 Å². The van der Waals surface area contributed by atoms with E-state index >= 15 is 0 Å². The third-order valence-corrected chi connectivity index (χ3v) is 6.75. The predicted molar refractivity (Wildman–Crippen MR) is 113 cm³/mol. The van der Waals surface area contributed by atoms with E-state index in [0.29, 0.717) is 5.15 Å². The third-order valence-electron chi connectivity index (χ3n) is 5.22. The molecule has 0 aromatic carbocycles. The van der Waals surface area contributed by atoms with E-state index in [1.54, 1.807) is 23.7 Å². The van der Waals surface area contributed by atoms with E-state index in [9.17, 15) is 0 Å². The average molecular weight is 429 g/mol. The highest BCUT2D eigenvalue weighted by Crippen LogP contribution is 2.32. The SMILES string of the molecule is Clc1nc(N2CCOCC2)sc1CN1CCc2nc(-c3cccnc3)ncc2C1. The van der Waals surface area contributed by atoms with Crippen LogP contribution in [0.15, 0.2) is 30.7 Å². The number of morpholine rings is 1. The molecule has 9 heteroatoms. The van der Waals surface area contributed by atoms with Gasteiger partial charge in [0.15, 0.2) is 11.0 Å². The Morgan fingerprint density at radius 2 is 2.03 bits per heavy atom. The van der Waals surface area contributed by atoms with Crippen molar-refractivity contribution >= 4 is 28.1 Å². The molecule has 29 heavy (non-hydrogen) atoms. The van der Waals surface area contributed by atoms with Crippen LogP contribution in [0.3, 0.4) is 0 Å². The lowest BCUT2D eigenvalue weighted by molar-refractivity contribution is 0.122. The predicted octanol–water partition coefficient (Wildman–Crippen LogP) is 3.04. The lowest BCUT2D eigenvalue weighted by Gasteiger charge is -2.27. The summed E-state index contributed by atoms with van der Waals surface area (Å²) in [6.07, 6.45) is 6.41. The summed E-state index contributed by atoms with van der Waals surface area (Å²) in [6, 6.07) is 3.89. The van der Waals surface area contributed by atoms with Crippen LogP contribution in [-0.2, 0) is 24.2 Å². The van der Waals surface area contributed by atoms with Crippen molar-refractivity contribution in [1.82, 2.24) is 24.8 Å². The van der Waals surface area contributed by atoms with Crippen molar-refractivity contribution in [2.24, 2.45) is 0 Å². The number of ether oxygens (including phenoxy) is 1. The van der Waals surface area contributed by atoms with Gasteiger partial charge in [-0.2, -0.15) is 0 Å². The van der Waals surface area contributed by atoms with E-state index < -0.39 is 0 Å². The zero-order chi connectivity index (χ0) is 19.6. The monoisotopic (exact) mass is 428 g/mol. The Balaban J connectivity index is 1.28. The fourth-order valence-corrected chi connectivity index (χ4v) is 5.01. The summed E-state index contributed by atoms with van der Waals surface area (Å²) < 4.78 is 5.43. The molecule has 150 valence electrons. The first-order valence-corrected chi connectivity index (χ1v) is 10.9. The van der Waals surface area contributed by atoms with Crippen LogP contribution in [0.1, 0.15) is 16.1 Å². The molecule has 0 N–H and O–H groups in total. The van der Waals surface area contributed by atoms with Gasteiger partial charge in [0.2, 0.25) is 0 Å². The van der Waals surface area contributed by atoms with Crippen molar-refractivity contribution in [2.45, 2.75) is 19.5 Å². The fourth-order valence-electron chi connectivity index (χ4n) is 3.66. The van der Waals surface area contributed by atoms with Crippen molar-refractivity contribution in [1.29, 1.82) is 0 Å². The molecule has 3 aromatic heterocycles. The molecule has 1 saturated heterocycles. The van der Waals surface area contributed by atoms with Gasteiger partial charge >= 0.3 is 0 Å². The second-order valence-electron chi connectivity index (χ2n) is 7.18. The molecule has 5 rings (SSSR count). The van der Waals surface area contributed by atoms with E-state index in [-0.39, 0.29) is 0 Å². The molecule has 0 unspecified atom stereocenters. The maximum absolute atomic E-state index is 6.46. The zero-order valence-corrected chi connectivity index (χ0v) is 17.5. The van der Waals surface area contributed by atoms with Crippen LogP contribution in [0, 0.1) is 0 Å². The second kappa shape index (κ2) is 8.31. The number of hydrogen-bond acceptors (Lipinski definition) is 8. The van der Waals surface area contributed by atoms with Gasteiger partial charge in [-0.05, 0) is 12.1 Å². The zero-order valence-electron chi connectivity index (χ0n) is 15.9. The lowest BCUT2D eigenvalue weighted by Crippen LogP contribution is -2.36. The summed E-state index contributed by atoms with van der Waals surface area (Å²) in [7, 11) is 0. The number of hydrogen-bond donors (Lipinski definition) is 0. The van der Waals surface area contributed by atoms with Gasteiger partial charge in [0, 0.05) is 68.9 Å². The molecule has 0 radical (unpaired) electrons. The van der Waals surface area contributed by atoms with Gasteiger partial charge < -0.3 is 9.64 Å². The Kier molecular flexibility index (Phi) is 5.41. The minimum Gasteiger partial charge on any atom is -0.378 e. The molecule has 0 atom stereocenters. The normalized spacial score (nSPS) is 17.3. The van der Waals surface area contributed by atoms with E-state index in [1.807, 2.05) is 18.3 Å². The number of anilines is 1. The van der Waals surface area contributed by atoms with Gasteiger partial charge in [-0.15, -0.1) is 0 Å². The molecule has 2 aliphatic heterocycles. The molecule has 5 heterocycles. The number of nitrogens with zero attached hydrogens (tertiary/aromatic N) is 6. The largest absolute Gasteiger partial charge is 0.378 e. The standard InChI is InChI=1S/C20H21ClN6OS/c21-18-17(29-20(25-18)27-6-8-28-9-7-27)13-26-5-3-16-15(12-26)11-23-19(24-16)14-2-1-4-22-10-14/h1-2,4,10-11H,3,5-9,12-13H2. The van der Waals surface area contributed by atoms with Crippen molar-refractivity contribution in [3.8, 4) is 11.4 Å². The number of pyridine rings is 1. The summed E-state index contributed by atoms with van der Waals surface area (Å²) in [5, 5.41) is 1.61. The first-order chi connectivity index (χ1) is 14.3. The molecule has 0 bridgehead atoms. The van der Waals surface area contributed by atoms with Crippen LogP contribution in [0.25, 0.3) is 11.4 Å². The quantitative estimate of drug-likeness (QED) is 0.632. The van der Waals surface area contributed by atoms with Crippen LogP contribution >= 0.6 is 22.9 Å². The van der Waals surface area contributed by atoms with Crippen LogP contribution in [0.5, 0.6) is 0 Å². The maximum Gasteiger partial charge on any atom is 0.187 e. The Morgan fingerprint density at radius 3 is 2.86 bits per heavy atom. The number of fused-ring (bicyclic) bond motifs is 1. The molecular formula is C20H21ClN6OS. The fraction of sp³-hybridized carbons (Fsp3) is 0.400. The summed E-state index contributed by atoms with van der Waals surface area (Å²) in [6.45, 7) is 5.80. The number of rotatable bonds is 4. The number of halogens is 1. The molecule has 0 aliphatic carbocycles. The molecular weight excluding hydrogens is 408 g/mol. The highest BCUT2D eigenvalue weighted by atomic mass is 35.5. The van der Waals surface area contributed by atoms with Gasteiger partial charge in [0.1, 0.15) is 5.15 Å². The number of aromatic nitrogens is 4. The third kappa shape index (κ3) is 4.11. The highest BCUT2D eigenvalue weighted by molar-refractivity contribution is 7.16. The number of thiazole rings is 1. The van der Waals surface area contributed by atoms with Crippen LogP contribution in [0.4, 0.5) is 5.13 Å². The van der Waals surface area contributed by atoms with Gasteiger partial charge in [-0.3, -0.25) is 9.88 Å². The molecule has 7 nitrogen and oxygen atoms in total. The molecule has 1 fully saturated rings. The second-order valence-corrected chi connectivity index (χ2v) is 8.60. The first kappa shape index (κ1) is 18.9. The van der Waals surface area contributed by atoms with Gasteiger partial charge in [0.25, 0.3) is 0 Å². The molecule has 2 aliphatic rings. The van der Waals surface area contributed by atoms with E-state index in [1.165, 1.54) is 5.56 Å². The minimum atomic E-state index is 0.616. The summed E-state index contributed by atoms with van der Waals surface area (Å²) in [5.74, 6) is 0.742. The Bertz CT molecular complexity index is 992. The molecule has 3 aromatic rings. The van der Waals surface area contributed by atoms with Gasteiger partial charge in [-0.25, -0.2) is 15.0 Å². The maximum atomic E-state index is 6.46.